The molecule has 1 aliphatic heterocycles. The molecule has 0 aromatic carbocycles. The monoisotopic (exact) mass is 318 g/mol. The zero-order chi connectivity index (χ0) is 16.2. The Balaban J connectivity index is 1.55. The molecule has 8 heteroatoms. The SMILES string of the molecule is COC(=O)CNC(=O)C1CCN(c2nc3ncccc3o2)CC1. The highest BCUT2D eigenvalue weighted by molar-refractivity contribution is 5.83. The average Bonchev–Trinajstić information content (AvgIpc) is 3.03. The van der Waals surface area contributed by atoms with Gasteiger partial charge < -0.3 is 19.4 Å². The topological polar surface area (TPSA) is 97.6 Å². The molecule has 0 unspecified atom stereocenters. The second-order valence-electron chi connectivity index (χ2n) is 5.38. The van der Waals surface area contributed by atoms with Gasteiger partial charge in [-0.25, -0.2) is 4.98 Å². The van der Waals surface area contributed by atoms with Gasteiger partial charge in [-0.05, 0) is 25.0 Å². The molecular formula is C15H18N4O4. The molecule has 0 atom stereocenters. The standard InChI is InChI=1S/C15H18N4O4/c1-22-12(20)9-17-14(21)10-4-7-19(8-5-10)15-18-13-11(23-15)3-2-6-16-13/h2-3,6,10H,4-5,7-9H2,1H3,(H,17,21). The molecule has 0 saturated carbocycles. The predicted octanol–water partition coefficient (Wildman–Crippen LogP) is 0.728. The number of nitrogens with zero attached hydrogens (tertiary/aromatic N) is 3. The molecule has 0 radical (unpaired) electrons. The molecule has 1 fully saturated rings. The molecule has 3 rings (SSSR count). The Bertz CT molecular complexity index is 673. The number of oxazole rings is 1. The van der Waals surface area contributed by atoms with E-state index in [0.717, 1.165) is 0 Å². The molecule has 0 aliphatic carbocycles. The number of hydrogen-bond donors (Lipinski definition) is 1. The van der Waals surface area contributed by atoms with Gasteiger partial charge in [-0.2, -0.15) is 4.98 Å². The number of fused-ring (bicyclic) bond motifs is 1. The normalized spacial score (nSPS) is 15.6. The van der Waals surface area contributed by atoms with E-state index in [1.54, 1.807) is 12.3 Å². The van der Waals surface area contributed by atoms with Crippen molar-refractivity contribution in [1.82, 2.24) is 15.3 Å². The van der Waals surface area contributed by atoms with Gasteiger partial charge in [0.2, 0.25) is 11.6 Å². The number of carbonyl (C=O) groups is 2. The molecule has 122 valence electrons. The summed E-state index contributed by atoms with van der Waals surface area (Å²) < 4.78 is 10.2. The Morgan fingerprint density at radius 1 is 1.43 bits per heavy atom. The maximum absolute atomic E-state index is 12.0. The molecule has 0 bridgehead atoms. The summed E-state index contributed by atoms with van der Waals surface area (Å²) in [6.07, 6.45) is 3.03. The minimum atomic E-state index is -0.449. The van der Waals surface area contributed by atoms with Crippen LogP contribution in [-0.2, 0) is 14.3 Å². The van der Waals surface area contributed by atoms with Crippen LogP contribution in [0.4, 0.5) is 6.01 Å². The lowest BCUT2D eigenvalue weighted by atomic mass is 9.96. The fourth-order valence-electron chi connectivity index (χ4n) is 2.60. The van der Waals surface area contributed by atoms with Gasteiger partial charge >= 0.3 is 5.97 Å². The molecule has 2 aromatic heterocycles. The van der Waals surface area contributed by atoms with Gasteiger partial charge in [0, 0.05) is 25.2 Å². The molecular weight excluding hydrogens is 300 g/mol. The van der Waals surface area contributed by atoms with Gasteiger partial charge in [0.05, 0.1) is 7.11 Å². The van der Waals surface area contributed by atoms with Crippen LogP contribution in [0.1, 0.15) is 12.8 Å². The first kappa shape index (κ1) is 15.3. The van der Waals surface area contributed by atoms with E-state index in [1.165, 1.54) is 7.11 Å². The van der Waals surface area contributed by atoms with E-state index in [0.29, 0.717) is 43.2 Å². The zero-order valence-corrected chi connectivity index (χ0v) is 12.8. The van der Waals surface area contributed by atoms with E-state index < -0.39 is 5.97 Å². The number of anilines is 1. The van der Waals surface area contributed by atoms with Crippen molar-refractivity contribution in [3.63, 3.8) is 0 Å². The quantitative estimate of drug-likeness (QED) is 0.830. The molecule has 1 aliphatic rings. The van der Waals surface area contributed by atoms with E-state index in [1.807, 2.05) is 11.0 Å². The highest BCUT2D eigenvalue weighted by Gasteiger charge is 2.27. The van der Waals surface area contributed by atoms with Crippen molar-refractivity contribution in [3.8, 4) is 0 Å². The zero-order valence-electron chi connectivity index (χ0n) is 12.8. The van der Waals surface area contributed by atoms with Crippen LogP contribution in [0.15, 0.2) is 22.7 Å². The van der Waals surface area contributed by atoms with Crippen LogP contribution in [0.3, 0.4) is 0 Å². The molecule has 23 heavy (non-hydrogen) atoms. The summed E-state index contributed by atoms with van der Waals surface area (Å²) in [5.41, 5.74) is 1.24. The molecule has 1 amide bonds. The number of amides is 1. The number of pyridine rings is 1. The van der Waals surface area contributed by atoms with Crippen LogP contribution < -0.4 is 10.2 Å². The van der Waals surface area contributed by atoms with Crippen LogP contribution >= 0.6 is 0 Å². The third-order valence-corrected chi connectivity index (χ3v) is 3.92. The Hall–Kier alpha value is -2.64. The highest BCUT2D eigenvalue weighted by atomic mass is 16.5. The predicted molar refractivity (Wildman–Crippen MR) is 81.8 cm³/mol. The summed E-state index contributed by atoms with van der Waals surface area (Å²) in [5, 5.41) is 2.60. The highest BCUT2D eigenvalue weighted by Crippen LogP contribution is 2.25. The van der Waals surface area contributed by atoms with E-state index in [2.05, 4.69) is 20.0 Å². The van der Waals surface area contributed by atoms with E-state index in [4.69, 9.17) is 4.42 Å². The first-order valence-electron chi connectivity index (χ1n) is 7.48. The summed E-state index contributed by atoms with van der Waals surface area (Å²) in [5.74, 6) is -0.678. The fourth-order valence-corrected chi connectivity index (χ4v) is 2.60. The van der Waals surface area contributed by atoms with Gasteiger partial charge in [0.15, 0.2) is 5.58 Å². The van der Waals surface area contributed by atoms with Crippen molar-refractivity contribution in [2.24, 2.45) is 5.92 Å². The number of hydrogen-bond acceptors (Lipinski definition) is 7. The average molecular weight is 318 g/mol. The van der Waals surface area contributed by atoms with Crippen LogP contribution in [0.2, 0.25) is 0 Å². The second-order valence-corrected chi connectivity index (χ2v) is 5.38. The third-order valence-electron chi connectivity index (χ3n) is 3.92. The number of carbonyl (C=O) groups excluding carboxylic acids is 2. The number of methoxy groups -OCH3 is 1. The smallest absolute Gasteiger partial charge is 0.325 e. The van der Waals surface area contributed by atoms with Crippen molar-refractivity contribution < 1.29 is 18.7 Å². The van der Waals surface area contributed by atoms with Crippen molar-refractivity contribution in [1.29, 1.82) is 0 Å². The lowest BCUT2D eigenvalue weighted by Gasteiger charge is -2.29. The maximum atomic E-state index is 12.0. The minimum Gasteiger partial charge on any atom is -0.468 e. The number of ether oxygens (including phenoxy) is 1. The van der Waals surface area contributed by atoms with Crippen molar-refractivity contribution >= 4 is 29.1 Å². The van der Waals surface area contributed by atoms with Crippen LogP contribution in [0, 0.1) is 5.92 Å². The van der Waals surface area contributed by atoms with Crippen molar-refractivity contribution in [3.05, 3.63) is 18.3 Å². The lowest BCUT2D eigenvalue weighted by Crippen LogP contribution is -2.42. The summed E-state index contributed by atoms with van der Waals surface area (Å²) in [6.45, 7) is 1.25. The van der Waals surface area contributed by atoms with Gasteiger partial charge in [-0.15, -0.1) is 0 Å². The molecule has 8 nitrogen and oxygen atoms in total. The first-order chi connectivity index (χ1) is 11.2. The maximum Gasteiger partial charge on any atom is 0.325 e. The Labute approximate surface area is 132 Å². The molecule has 2 aromatic rings. The lowest BCUT2D eigenvalue weighted by molar-refractivity contribution is -0.141. The second kappa shape index (κ2) is 6.64. The van der Waals surface area contributed by atoms with Gasteiger partial charge in [-0.3, -0.25) is 9.59 Å². The van der Waals surface area contributed by atoms with Gasteiger partial charge in [-0.1, -0.05) is 0 Å². The Kier molecular flexibility index (Phi) is 4.40. The van der Waals surface area contributed by atoms with Gasteiger partial charge in [0.25, 0.3) is 6.01 Å². The fraction of sp³-hybridized carbons (Fsp3) is 0.467. The Morgan fingerprint density at radius 2 is 2.22 bits per heavy atom. The van der Waals surface area contributed by atoms with E-state index >= 15 is 0 Å². The minimum absolute atomic E-state index is 0.0909. The first-order valence-corrected chi connectivity index (χ1v) is 7.48. The summed E-state index contributed by atoms with van der Waals surface area (Å²) in [6, 6.07) is 4.16. The molecule has 0 spiro atoms. The largest absolute Gasteiger partial charge is 0.468 e. The van der Waals surface area contributed by atoms with Crippen LogP contribution in [-0.4, -0.2) is 48.6 Å². The van der Waals surface area contributed by atoms with E-state index in [-0.39, 0.29) is 18.4 Å². The van der Waals surface area contributed by atoms with Crippen molar-refractivity contribution in [2.75, 3.05) is 31.6 Å². The number of aromatic nitrogens is 2. The van der Waals surface area contributed by atoms with Crippen molar-refractivity contribution in [2.45, 2.75) is 12.8 Å². The summed E-state index contributed by atoms with van der Waals surface area (Å²) >= 11 is 0. The van der Waals surface area contributed by atoms with Crippen LogP contribution in [0.25, 0.3) is 11.2 Å². The van der Waals surface area contributed by atoms with Gasteiger partial charge in [0.1, 0.15) is 6.54 Å². The number of nitrogens with one attached hydrogen (secondary N) is 1. The summed E-state index contributed by atoms with van der Waals surface area (Å²) in [7, 11) is 1.29. The molecule has 3 heterocycles. The number of piperidine rings is 1. The van der Waals surface area contributed by atoms with E-state index in [9.17, 15) is 9.59 Å². The molecule has 1 N–H and O–H groups in total. The number of esters is 1. The summed E-state index contributed by atoms with van der Waals surface area (Å²) in [4.78, 5) is 33.6. The molecule has 1 saturated heterocycles. The Morgan fingerprint density at radius 3 is 2.91 bits per heavy atom. The van der Waals surface area contributed by atoms with Crippen LogP contribution in [0.5, 0.6) is 0 Å². The third kappa shape index (κ3) is 3.41. The number of rotatable bonds is 4.